The van der Waals surface area contributed by atoms with Crippen LogP contribution in [0.5, 0.6) is 11.8 Å². The first-order chi connectivity index (χ1) is 29.7. The predicted octanol–water partition coefficient (Wildman–Crippen LogP) is 7.25. The van der Waals surface area contributed by atoms with Crippen LogP contribution in [0.25, 0.3) is 21.5 Å². The lowest BCUT2D eigenvalue weighted by molar-refractivity contribution is 0.0212. The molecule has 10 rings (SSSR count). The number of rotatable bonds is 8. The molecule has 0 spiro atoms. The highest BCUT2D eigenvalue weighted by Gasteiger charge is 2.41. The van der Waals surface area contributed by atoms with Gasteiger partial charge in [0.05, 0.1) is 47.5 Å². The minimum Gasteiger partial charge on any atom is -0.481 e. The highest BCUT2D eigenvalue weighted by atomic mass is 16.5. The Kier molecular flexibility index (Phi) is 10.6. The summed E-state index contributed by atoms with van der Waals surface area (Å²) in [6.07, 6.45) is 14.2. The molecule has 0 amide bonds. The number of hydrogen-bond donors (Lipinski definition) is 2. The van der Waals surface area contributed by atoms with Crippen LogP contribution in [0.1, 0.15) is 144 Å². The van der Waals surface area contributed by atoms with E-state index in [0.717, 1.165) is 105 Å². The highest BCUT2D eigenvalue weighted by molar-refractivity contribution is 5.93. The van der Waals surface area contributed by atoms with Crippen molar-refractivity contribution >= 4 is 33.5 Å². The van der Waals surface area contributed by atoms with Crippen molar-refractivity contribution in [2.24, 2.45) is 11.5 Å². The molecule has 4 atom stereocenters. The fraction of sp³-hybridized carbons (Fsp3) is 0.417. The van der Waals surface area contributed by atoms with Gasteiger partial charge in [-0.1, -0.05) is 0 Å². The summed E-state index contributed by atoms with van der Waals surface area (Å²) in [7, 11) is 3.20. The number of pyridine rings is 6. The minimum absolute atomic E-state index is 0.0316. The fourth-order valence-corrected chi connectivity index (χ4v) is 9.53. The van der Waals surface area contributed by atoms with Gasteiger partial charge in [-0.25, -0.2) is 19.6 Å². The SMILES string of the molecule is COc1ncc(C(C)(C)N)c2cc(Cc3ccc4c(n3)[C@@H]3CCC[C@@H]3OC4=O)ncc12.COc1ncc(C(C)(C)N)c2cc(Cc3ccc4c(n3)[C@H]3CCC[C@H]3OC4=O)ncc12. The molecule has 2 fully saturated rings. The van der Waals surface area contributed by atoms with Crippen LogP contribution in [0, 0.1) is 0 Å². The summed E-state index contributed by atoms with van der Waals surface area (Å²) in [6, 6.07) is 11.5. The zero-order valence-electron chi connectivity index (χ0n) is 36.0. The van der Waals surface area contributed by atoms with Crippen LogP contribution >= 0.6 is 0 Å². The molecule has 0 aromatic carbocycles. The summed E-state index contributed by atoms with van der Waals surface area (Å²) >= 11 is 0. The number of carbonyl (C=O) groups excluding carboxylic acids is 2. The van der Waals surface area contributed by atoms with E-state index in [1.807, 2.05) is 64.1 Å². The summed E-state index contributed by atoms with van der Waals surface area (Å²) in [5.74, 6) is 0.958. The number of methoxy groups -OCH3 is 2. The summed E-state index contributed by atoms with van der Waals surface area (Å²) in [6.45, 7) is 7.83. The van der Waals surface area contributed by atoms with Crippen LogP contribution < -0.4 is 20.9 Å². The molecule has 4 aliphatic rings. The Morgan fingerprint density at radius 3 is 1.39 bits per heavy atom. The Morgan fingerprint density at radius 1 is 0.581 bits per heavy atom. The second kappa shape index (κ2) is 16.0. The lowest BCUT2D eigenvalue weighted by Gasteiger charge is -2.27. The van der Waals surface area contributed by atoms with Crippen LogP contribution in [0.4, 0.5) is 0 Å². The van der Waals surface area contributed by atoms with E-state index in [-0.39, 0.29) is 36.0 Å². The van der Waals surface area contributed by atoms with E-state index < -0.39 is 11.1 Å². The van der Waals surface area contributed by atoms with E-state index in [2.05, 4.69) is 19.9 Å². The van der Waals surface area contributed by atoms with E-state index in [1.165, 1.54) is 0 Å². The molecule has 320 valence electrons. The van der Waals surface area contributed by atoms with E-state index in [9.17, 15) is 9.59 Å². The molecule has 14 nitrogen and oxygen atoms in total. The van der Waals surface area contributed by atoms with Crippen LogP contribution in [0.15, 0.2) is 61.2 Å². The first-order valence-corrected chi connectivity index (χ1v) is 21.3. The highest BCUT2D eigenvalue weighted by Crippen LogP contribution is 2.43. The molecule has 62 heavy (non-hydrogen) atoms. The third-order valence-electron chi connectivity index (χ3n) is 12.6. The summed E-state index contributed by atoms with van der Waals surface area (Å²) < 4.78 is 22.0. The molecule has 2 aliphatic carbocycles. The lowest BCUT2D eigenvalue weighted by atomic mass is 9.92. The van der Waals surface area contributed by atoms with Gasteiger partial charge in [0.1, 0.15) is 12.2 Å². The maximum Gasteiger partial charge on any atom is 0.340 e. The van der Waals surface area contributed by atoms with Gasteiger partial charge in [-0.05, 0) is 125 Å². The van der Waals surface area contributed by atoms with Crippen LogP contribution in [0.2, 0.25) is 0 Å². The van der Waals surface area contributed by atoms with Crippen molar-refractivity contribution in [2.45, 2.75) is 114 Å². The zero-order valence-corrected chi connectivity index (χ0v) is 36.0. The largest absolute Gasteiger partial charge is 0.481 e. The number of fused-ring (bicyclic) bond motifs is 8. The number of nitrogens with zero attached hydrogens (tertiary/aromatic N) is 6. The number of hydrogen-bond acceptors (Lipinski definition) is 14. The average Bonchev–Trinajstić information content (AvgIpc) is 3.92. The van der Waals surface area contributed by atoms with Gasteiger partial charge in [0.2, 0.25) is 11.8 Å². The van der Waals surface area contributed by atoms with E-state index in [0.29, 0.717) is 35.7 Å². The predicted molar refractivity (Wildman–Crippen MR) is 232 cm³/mol. The normalized spacial score (nSPS) is 20.3. The van der Waals surface area contributed by atoms with Gasteiger partial charge >= 0.3 is 11.9 Å². The smallest absolute Gasteiger partial charge is 0.340 e. The summed E-state index contributed by atoms with van der Waals surface area (Å²) in [5.41, 5.74) is 20.0. The molecule has 6 aromatic rings. The Bertz CT molecular complexity index is 2560. The fourth-order valence-electron chi connectivity index (χ4n) is 9.53. The standard InChI is InChI=1S/2C24H26N4O3/c2*1-24(2,25)19-12-27-22(30-3)18-11-26-14(10-17(18)19)9-13-7-8-16-21(28-13)15-5-4-6-20(15)31-23(16)29/h2*7-8,10-12,15,20H,4-6,9,25H2,1-3H3/t2*15-,20+/m10/s1. The number of nitrogens with two attached hydrogens (primary N) is 2. The molecule has 6 aromatic heterocycles. The molecule has 0 saturated heterocycles. The van der Waals surface area contributed by atoms with Crippen molar-refractivity contribution in [1.82, 2.24) is 29.9 Å². The maximum absolute atomic E-state index is 12.3. The number of ether oxygens (including phenoxy) is 4. The Morgan fingerprint density at radius 2 is 1.00 bits per heavy atom. The third kappa shape index (κ3) is 7.70. The molecular weight excluding hydrogens is 785 g/mol. The Balaban J connectivity index is 0.000000158. The van der Waals surface area contributed by atoms with Gasteiger partial charge in [-0.15, -0.1) is 0 Å². The van der Waals surface area contributed by atoms with E-state index in [1.54, 1.807) is 39.0 Å². The second-order valence-corrected chi connectivity index (χ2v) is 18.0. The minimum atomic E-state index is -0.557. The van der Waals surface area contributed by atoms with Gasteiger partial charge in [0.25, 0.3) is 0 Å². The maximum atomic E-state index is 12.3. The molecule has 8 heterocycles. The van der Waals surface area contributed by atoms with Crippen molar-refractivity contribution < 1.29 is 28.5 Å². The van der Waals surface area contributed by atoms with Crippen LogP contribution in [-0.4, -0.2) is 68.3 Å². The third-order valence-corrected chi connectivity index (χ3v) is 12.6. The summed E-state index contributed by atoms with van der Waals surface area (Å²) in [4.78, 5) is 52.5. The first kappa shape index (κ1) is 41.2. The monoisotopic (exact) mass is 836 g/mol. The van der Waals surface area contributed by atoms with Crippen molar-refractivity contribution in [2.75, 3.05) is 14.2 Å². The van der Waals surface area contributed by atoms with Gasteiger partial charge in [-0.2, -0.15) is 0 Å². The van der Waals surface area contributed by atoms with Crippen molar-refractivity contribution in [3.8, 4) is 11.8 Å². The van der Waals surface area contributed by atoms with Crippen molar-refractivity contribution in [1.29, 1.82) is 0 Å². The summed E-state index contributed by atoms with van der Waals surface area (Å²) in [5, 5.41) is 3.61. The van der Waals surface area contributed by atoms with Gasteiger partial charge in [0.15, 0.2) is 0 Å². The molecular formula is C48H52N8O6. The zero-order chi connectivity index (χ0) is 43.5. The van der Waals surface area contributed by atoms with E-state index >= 15 is 0 Å². The molecule has 2 saturated carbocycles. The molecule has 0 unspecified atom stereocenters. The van der Waals surface area contributed by atoms with Crippen LogP contribution in [0.3, 0.4) is 0 Å². The molecule has 2 aliphatic heterocycles. The average molecular weight is 837 g/mol. The Hall–Kier alpha value is -6.12. The first-order valence-electron chi connectivity index (χ1n) is 21.3. The number of aromatic nitrogens is 6. The molecule has 4 N–H and O–H groups in total. The molecule has 14 heteroatoms. The molecule has 0 radical (unpaired) electrons. The second-order valence-electron chi connectivity index (χ2n) is 18.0. The van der Waals surface area contributed by atoms with E-state index in [4.69, 9.17) is 40.4 Å². The van der Waals surface area contributed by atoms with Crippen LogP contribution in [-0.2, 0) is 33.4 Å². The van der Waals surface area contributed by atoms with Gasteiger partial charge < -0.3 is 30.4 Å². The number of esters is 2. The lowest BCUT2D eigenvalue weighted by Crippen LogP contribution is -2.29. The molecule has 0 bridgehead atoms. The quantitative estimate of drug-likeness (QED) is 0.145. The Labute approximate surface area is 360 Å². The topological polar surface area (TPSA) is 200 Å². The number of carbonyl (C=O) groups is 2. The van der Waals surface area contributed by atoms with Gasteiger partial charge in [0, 0.05) is 83.3 Å². The van der Waals surface area contributed by atoms with Crippen molar-refractivity contribution in [3.05, 3.63) is 118 Å². The van der Waals surface area contributed by atoms with Crippen molar-refractivity contribution in [3.63, 3.8) is 0 Å². The van der Waals surface area contributed by atoms with Gasteiger partial charge in [-0.3, -0.25) is 19.9 Å².